The number of hydrogen-bond donors (Lipinski definition) is 1. The topological polar surface area (TPSA) is 18.5 Å². The summed E-state index contributed by atoms with van der Waals surface area (Å²) in [6.45, 7) is 5.63. The molecule has 0 rings (SSSR count). The highest BCUT2D eigenvalue weighted by Crippen LogP contribution is 2.05. The van der Waals surface area contributed by atoms with Crippen molar-refractivity contribution < 1.29 is 8.85 Å². The summed E-state index contributed by atoms with van der Waals surface area (Å²) in [5, 5.41) is 0. The van der Waals surface area contributed by atoms with Gasteiger partial charge in [0.15, 0.2) is 0 Å². The second kappa shape index (κ2) is 9.57. The maximum Gasteiger partial charge on any atom is 0.321 e. The summed E-state index contributed by atoms with van der Waals surface area (Å²) in [5.41, 5.74) is 0. The molecule has 0 saturated heterocycles. The third-order valence-electron chi connectivity index (χ3n) is 1.55. The van der Waals surface area contributed by atoms with E-state index in [2.05, 4.69) is 12.6 Å². The van der Waals surface area contributed by atoms with Crippen LogP contribution in [0.4, 0.5) is 0 Å². The van der Waals surface area contributed by atoms with E-state index in [1.165, 1.54) is 12.8 Å². The molecule has 0 spiro atoms. The van der Waals surface area contributed by atoms with Crippen molar-refractivity contribution in [2.24, 2.45) is 0 Å². The minimum Gasteiger partial charge on any atom is -0.397 e. The van der Waals surface area contributed by atoms with Crippen molar-refractivity contribution >= 4 is 21.9 Å². The van der Waals surface area contributed by atoms with E-state index in [4.69, 9.17) is 8.85 Å². The molecule has 0 aromatic rings. The van der Waals surface area contributed by atoms with Gasteiger partial charge in [0.05, 0.1) is 0 Å². The van der Waals surface area contributed by atoms with Gasteiger partial charge in [-0.05, 0) is 32.1 Å². The first kappa shape index (κ1) is 12.5. The molecular formula is C8H20O2SSi. The van der Waals surface area contributed by atoms with E-state index in [1.54, 1.807) is 0 Å². The molecule has 0 aliphatic rings. The van der Waals surface area contributed by atoms with Crippen molar-refractivity contribution in [2.75, 3.05) is 19.0 Å². The largest absolute Gasteiger partial charge is 0.397 e. The van der Waals surface area contributed by atoms with E-state index in [9.17, 15) is 0 Å². The van der Waals surface area contributed by atoms with Crippen LogP contribution in [0.1, 0.15) is 26.7 Å². The number of thiol groups is 1. The lowest BCUT2D eigenvalue weighted by atomic mass is 10.4. The van der Waals surface area contributed by atoms with Gasteiger partial charge >= 0.3 is 9.28 Å². The van der Waals surface area contributed by atoms with Gasteiger partial charge in [-0.25, -0.2) is 0 Å². The molecule has 0 aromatic carbocycles. The maximum atomic E-state index is 5.52. The van der Waals surface area contributed by atoms with Crippen LogP contribution in [0.25, 0.3) is 0 Å². The van der Waals surface area contributed by atoms with Gasteiger partial charge in [0.2, 0.25) is 0 Å². The Hall–Kier alpha value is 0.487. The monoisotopic (exact) mass is 208 g/mol. The fourth-order valence-corrected chi connectivity index (χ4v) is 3.03. The maximum absolute atomic E-state index is 5.52. The molecule has 0 atom stereocenters. The molecular weight excluding hydrogens is 188 g/mol. The summed E-state index contributed by atoms with van der Waals surface area (Å²) < 4.78 is 11.0. The van der Waals surface area contributed by atoms with Crippen LogP contribution in [0.5, 0.6) is 0 Å². The van der Waals surface area contributed by atoms with E-state index in [0.717, 1.165) is 25.0 Å². The van der Waals surface area contributed by atoms with Gasteiger partial charge in [0.1, 0.15) is 0 Å². The van der Waals surface area contributed by atoms with Gasteiger partial charge in [-0.2, -0.15) is 12.6 Å². The standard InChI is InChI=1S/C8H20O2SSi/c1-3-9-12(10-4-2)8-6-5-7-11/h11-12H,3-8H2,1-2H3. The lowest BCUT2D eigenvalue weighted by Crippen LogP contribution is -2.22. The zero-order chi connectivity index (χ0) is 9.23. The molecule has 12 heavy (non-hydrogen) atoms. The summed E-state index contributed by atoms with van der Waals surface area (Å²) in [6.07, 6.45) is 2.37. The van der Waals surface area contributed by atoms with Gasteiger partial charge in [0.25, 0.3) is 0 Å². The average Bonchev–Trinajstić information content (AvgIpc) is 2.06. The van der Waals surface area contributed by atoms with Crippen molar-refractivity contribution in [3.05, 3.63) is 0 Å². The molecule has 0 aliphatic heterocycles. The summed E-state index contributed by atoms with van der Waals surface area (Å²) in [7, 11) is -1.30. The Kier molecular flexibility index (Phi) is 9.96. The first-order chi connectivity index (χ1) is 5.85. The molecule has 0 amide bonds. The van der Waals surface area contributed by atoms with Gasteiger partial charge in [0, 0.05) is 13.2 Å². The first-order valence-corrected chi connectivity index (χ1v) is 7.08. The third kappa shape index (κ3) is 7.15. The van der Waals surface area contributed by atoms with E-state index in [-0.39, 0.29) is 0 Å². The summed E-state index contributed by atoms with van der Waals surface area (Å²) in [4.78, 5) is 0. The smallest absolute Gasteiger partial charge is 0.321 e. The highest BCUT2D eigenvalue weighted by molar-refractivity contribution is 7.80. The molecule has 74 valence electrons. The fourth-order valence-electron chi connectivity index (χ4n) is 1.01. The Balaban J connectivity index is 3.34. The summed E-state index contributed by atoms with van der Waals surface area (Å²) in [5.74, 6) is 0.972. The number of rotatable bonds is 8. The number of unbranched alkanes of at least 4 members (excludes halogenated alkanes) is 1. The zero-order valence-electron chi connectivity index (χ0n) is 8.08. The van der Waals surface area contributed by atoms with Crippen LogP contribution in [0.2, 0.25) is 6.04 Å². The molecule has 0 bridgehead atoms. The van der Waals surface area contributed by atoms with Crippen LogP contribution in [0, 0.1) is 0 Å². The van der Waals surface area contributed by atoms with Gasteiger partial charge in [-0.15, -0.1) is 0 Å². The molecule has 0 aromatic heterocycles. The van der Waals surface area contributed by atoms with Gasteiger partial charge < -0.3 is 8.85 Å². The second-order valence-electron chi connectivity index (χ2n) is 2.56. The van der Waals surface area contributed by atoms with Crippen molar-refractivity contribution in [3.8, 4) is 0 Å². The van der Waals surface area contributed by atoms with Crippen LogP contribution >= 0.6 is 12.6 Å². The normalized spacial score (nSPS) is 11.0. The molecule has 0 fully saturated rings. The Morgan fingerprint density at radius 3 is 2.08 bits per heavy atom. The predicted molar refractivity (Wildman–Crippen MR) is 58.3 cm³/mol. The minimum absolute atomic E-state index is 0.789. The van der Waals surface area contributed by atoms with Crippen LogP contribution in [0.3, 0.4) is 0 Å². The Morgan fingerprint density at radius 1 is 1.08 bits per heavy atom. The summed E-state index contributed by atoms with van der Waals surface area (Å²) in [6, 6.07) is 1.13. The lowest BCUT2D eigenvalue weighted by Gasteiger charge is -2.13. The van der Waals surface area contributed by atoms with Gasteiger partial charge in [-0.3, -0.25) is 0 Å². The molecule has 0 heterocycles. The van der Waals surface area contributed by atoms with E-state index >= 15 is 0 Å². The van der Waals surface area contributed by atoms with Gasteiger partial charge in [-0.1, -0.05) is 6.42 Å². The van der Waals surface area contributed by atoms with E-state index in [0.29, 0.717) is 0 Å². The Morgan fingerprint density at radius 2 is 1.67 bits per heavy atom. The SMILES string of the molecule is CCO[SiH](CCCCS)OCC. The van der Waals surface area contributed by atoms with Crippen LogP contribution in [-0.4, -0.2) is 28.3 Å². The molecule has 0 aliphatic carbocycles. The second-order valence-corrected chi connectivity index (χ2v) is 5.11. The minimum atomic E-state index is -1.30. The number of hydrogen-bond acceptors (Lipinski definition) is 3. The van der Waals surface area contributed by atoms with Crippen LogP contribution < -0.4 is 0 Å². The molecule has 0 saturated carbocycles. The van der Waals surface area contributed by atoms with Crippen molar-refractivity contribution in [1.29, 1.82) is 0 Å². The average molecular weight is 208 g/mol. The zero-order valence-corrected chi connectivity index (χ0v) is 10.1. The van der Waals surface area contributed by atoms with Crippen molar-refractivity contribution in [3.63, 3.8) is 0 Å². The Bertz CT molecular complexity index is 87.1. The van der Waals surface area contributed by atoms with E-state index in [1.807, 2.05) is 13.8 Å². The molecule has 4 heteroatoms. The molecule has 2 nitrogen and oxygen atoms in total. The highest BCUT2D eigenvalue weighted by Gasteiger charge is 2.10. The fraction of sp³-hybridized carbons (Fsp3) is 1.00. The first-order valence-electron chi connectivity index (χ1n) is 4.69. The van der Waals surface area contributed by atoms with Crippen molar-refractivity contribution in [1.82, 2.24) is 0 Å². The van der Waals surface area contributed by atoms with E-state index < -0.39 is 9.28 Å². The lowest BCUT2D eigenvalue weighted by molar-refractivity contribution is 0.213. The summed E-state index contributed by atoms with van der Waals surface area (Å²) >= 11 is 4.16. The highest BCUT2D eigenvalue weighted by atomic mass is 32.1. The predicted octanol–water partition coefficient (Wildman–Crippen LogP) is 1.99. The molecule has 0 radical (unpaired) electrons. The molecule has 0 N–H and O–H groups in total. The molecule has 0 unspecified atom stereocenters. The quantitative estimate of drug-likeness (QED) is 0.374. The van der Waals surface area contributed by atoms with Crippen LogP contribution in [-0.2, 0) is 8.85 Å². The van der Waals surface area contributed by atoms with Crippen LogP contribution in [0.15, 0.2) is 0 Å². The van der Waals surface area contributed by atoms with Crippen molar-refractivity contribution in [2.45, 2.75) is 32.7 Å². The third-order valence-corrected chi connectivity index (χ3v) is 4.16. The Labute approximate surface area is 82.9 Å².